The molecule has 22 heavy (non-hydrogen) atoms. The lowest BCUT2D eigenvalue weighted by atomic mass is 9.94. The standard InChI is InChI=1S/C19H23NO.ClH/c1-15(16-9-4-2-5-10-16)21-18-13-8-14-20-19(18)17-11-6-3-7-12-17;/h2-7,9-12,15,18-20H,8,13-14H2,1H3;1H/t15?,18-,19-;/m0./s1. The summed E-state index contributed by atoms with van der Waals surface area (Å²) in [7, 11) is 0. The number of piperidine rings is 1. The summed E-state index contributed by atoms with van der Waals surface area (Å²) in [4.78, 5) is 0. The summed E-state index contributed by atoms with van der Waals surface area (Å²) < 4.78 is 6.38. The summed E-state index contributed by atoms with van der Waals surface area (Å²) in [6, 6.07) is 21.4. The maximum atomic E-state index is 6.38. The van der Waals surface area contributed by atoms with Crippen LogP contribution >= 0.6 is 12.4 Å². The second-order valence-corrected chi connectivity index (χ2v) is 5.71. The van der Waals surface area contributed by atoms with Gasteiger partial charge in [-0.05, 0) is 37.4 Å². The molecule has 0 aromatic heterocycles. The van der Waals surface area contributed by atoms with E-state index >= 15 is 0 Å². The molecule has 0 amide bonds. The molecule has 3 heteroatoms. The number of hydrogen-bond donors (Lipinski definition) is 1. The van der Waals surface area contributed by atoms with Crippen LogP contribution in [0.15, 0.2) is 60.7 Å². The van der Waals surface area contributed by atoms with Crippen molar-refractivity contribution in [1.82, 2.24) is 5.32 Å². The maximum Gasteiger partial charge on any atom is 0.0801 e. The minimum atomic E-state index is 0. The largest absolute Gasteiger partial charge is 0.369 e. The smallest absolute Gasteiger partial charge is 0.0801 e. The highest BCUT2D eigenvalue weighted by Gasteiger charge is 2.28. The van der Waals surface area contributed by atoms with Gasteiger partial charge in [-0.3, -0.25) is 0 Å². The number of nitrogens with one attached hydrogen (secondary N) is 1. The SMILES string of the molecule is CC(O[C@H]1CCCN[C@H]1c1ccccc1)c1ccccc1.Cl. The van der Waals surface area contributed by atoms with E-state index in [1.54, 1.807) is 0 Å². The van der Waals surface area contributed by atoms with E-state index in [-0.39, 0.29) is 24.6 Å². The zero-order chi connectivity index (χ0) is 14.5. The number of halogens is 1. The predicted octanol–water partition coefficient (Wildman–Crippen LogP) is 4.68. The first-order chi connectivity index (χ1) is 10.3. The fourth-order valence-corrected chi connectivity index (χ4v) is 3.06. The lowest BCUT2D eigenvalue weighted by Crippen LogP contribution is -2.39. The van der Waals surface area contributed by atoms with E-state index in [4.69, 9.17) is 4.74 Å². The molecule has 3 atom stereocenters. The third-order valence-corrected chi connectivity index (χ3v) is 4.21. The Bertz CT molecular complexity index is 546. The Morgan fingerprint density at radius 3 is 2.32 bits per heavy atom. The second-order valence-electron chi connectivity index (χ2n) is 5.71. The number of rotatable bonds is 4. The van der Waals surface area contributed by atoms with Gasteiger partial charge in [-0.25, -0.2) is 0 Å². The third kappa shape index (κ3) is 4.10. The summed E-state index contributed by atoms with van der Waals surface area (Å²) in [6.45, 7) is 3.21. The number of hydrogen-bond acceptors (Lipinski definition) is 2. The summed E-state index contributed by atoms with van der Waals surface area (Å²) in [5, 5.41) is 3.62. The minimum Gasteiger partial charge on any atom is -0.369 e. The van der Waals surface area contributed by atoms with E-state index in [0.717, 1.165) is 13.0 Å². The van der Waals surface area contributed by atoms with Crippen molar-refractivity contribution < 1.29 is 4.74 Å². The molecule has 2 aromatic rings. The molecule has 1 unspecified atom stereocenters. The van der Waals surface area contributed by atoms with Crippen LogP contribution in [0.4, 0.5) is 0 Å². The molecule has 1 aliphatic rings. The molecule has 0 bridgehead atoms. The van der Waals surface area contributed by atoms with Crippen LogP contribution in [0, 0.1) is 0 Å². The first kappa shape index (κ1) is 17.0. The van der Waals surface area contributed by atoms with Crippen LogP contribution < -0.4 is 5.32 Å². The van der Waals surface area contributed by atoms with E-state index in [9.17, 15) is 0 Å². The fourth-order valence-electron chi connectivity index (χ4n) is 3.06. The summed E-state index contributed by atoms with van der Waals surface area (Å²) in [5.74, 6) is 0. The second kappa shape index (κ2) is 8.33. The molecular weight excluding hydrogens is 294 g/mol. The van der Waals surface area contributed by atoms with E-state index < -0.39 is 0 Å². The van der Waals surface area contributed by atoms with Crippen LogP contribution in [0.5, 0.6) is 0 Å². The third-order valence-electron chi connectivity index (χ3n) is 4.21. The van der Waals surface area contributed by atoms with Crippen molar-refractivity contribution in [2.45, 2.75) is 38.0 Å². The Morgan fingerprint density at radius 2 is 1.64 bits per heavy atom. The van der Waals surface area contributed by atoms with E-state index in [1.165, 1.54) is 17.5 Å². The topological polar surface area (TPSA) is 21.3 Å². The van der Waals surface area contributed by atoms with Gasteiger partial charge >= 0.3 is 0 Å². The fraction of sp³-hybridized carbons (Fsp3) is 0.368. The highest BCUT2D eigenvalue weighted by atomic mass is 35.5. The van der Waals surface area contributed by atoms with Crippen molar-refractivity contribution in [3.8, 4) is 0 Å². The lowest BCUT2D eigenvalue weighted by Gasteiger charge is -2.35. The van der Waals surface area contributed by atoms with Crippen molar-refractivity contribution in [2.24, 2.45) is 0 Å². The molecule has 0 radical (unpaired) electrons. The number of ether oxygens (including phenoxy) is 1. The summed E-state index contributed by atoms with van der Waals surface area (Å²) in [5.41, 5.74) is 2.57. The van der Waals surface area contributed by atoms with Crippen LogP contribution in [-0.4, -0.2) is 12.6 Å². The average Bonchev–Trinajstić information content (AvgIpc) is 2.57. The molecule has 0 saturated carbocycles. The zero-order valence-corrected chi connectivity index (χ0v) is 13.8. The van der Waals surface area contributed by atoms with E-state index in [1.807, 2.05) is 6.07 Å². The van der Waals surface area contributed by atoms with Crippen LogP contribution in [0.3, 0.4) is 0 Å². The molecule has 2 nitrogen and oxygen atoms in total. The lowest BCUT2D eigenvalue weighted by molar-refractivity contribution is -0.0392. The quantitative estimate of drug-likeness (QED) is 0.884. The molecule has 1 fully saturated rings. The zero-order valence-electron chi connectivity index (χ0n) is 12.9. The first-order valence-electron chi connectivity index (χ1n) is 7.83. The van der Waals surface area contributed by atoms with Crippen molar-refractivity contribution >= 4 is 12.4 Å². The summed E-state index contributed by atoms with van der Waals surface area (Å²) >= 11 is 0. The maximum absolute atomic E-state index is 6.38. The predicted molar refractivity (Wildman–Crippen MR) is 93.4 cm³/mol. The average molecular weight is 318 g/mol. The van der Waals surface area contributed by atoms with E-state index in [0.29, 0.717) is 6.04 Å². The molecule has 3 rings (SSSR count). The Balaban J connectivity index is 0.00000176. The highest BCUT2D eigenvalue weighted by molar-refractivity contribution is 5.85. The molecule has 2 aromatic carbocycles. The molecule has 1 aliphatic heterocycles. The van der Waals surface area contributed by atoms with Crippen LogP contribution in [-0.2, 0) is 4.74 Å². The summed E-state index contributed by atoms with van der Waals surface area (Å²) in [6.07, 6.45) is 2.65. The molecule has 1 N–H and O–H groups in total. The molecule has 1 saturated heterocycles. The number of benzene rings is 2. The minimum absolute atomic E-state index is 0. The van der Waals surface area contributed by atoms with Gasteiger partial charge in [0.2, 0.25) is 0 Å². The van der Waals surface area contributed by atoms with Crippen molar-refractivity contribution in [2.75, 3.05) is 6.54 Å². The first-order valence-corrected chi connectivity index (χ1v) is 7.83. The molecule has 0 aliphatic carbocycles. The van der Waals surface area contributed by atoms with E-state index in [2.05, 4.69) is 66.8 Å². The van der Waals surface area contributed by atoms with Gasteiger partial charge in [0.1, 0.15) is 0 Å². The Morgan fingerprint density at radius 1 is 1.00 bits per heavy atom. The highest BCUT2D eigenvalue weighted by Crippen LogP contribution is 2.30. The monoisotopic (exact) mass is 317 g/mol. The Kier molecular flexibility index (Phi) is 6.44. The van der Waals surface area contributed by atoms with Gasteiger partial charge in [-0.15, -0.1) is 12.4 Å². The molecular formula is C19H24ClNO. The van der Waals surface area contributed by atoms with Gasteiger partial charge in [-0.1, -0.05) is 60.7 Å². The van der Waals surface area contributed by atoms with Crippen LogP contribution in [0.2, 0.25) is 0 Å². The molecule has 118 valence electrons. The molecule has 1 heterocycles. The van der Waals surface area contributed by atoms with Crippen LogP contribution in [0.1, 0.15) is 43.0 Å². The van der Waals surface area contributed by atoms with Gasteiger partial charge in [0.25, 0.3) is 0 Å². The van der Waals surface area contributed by atoms with Crippen molar-refractivity contribution in [1.29, 1.82) is 0 Å². The van der Waals surface area contributed by atoms with Gasteiger partial charge in [0.15, 0.2) is 0 Å². The Hall–Kier alpha value is -1.35. The van der Waals surface area contributed by atoms with Gasteiger partial charge < -0.3 is 10.1 Å². The van der Waals surface area contributed by atoms with Gasteiger partial charge in [0.05, 0.1) is 18.2 Å². The van der Waals surface area contributed by atoms with Crippen molar-refractivity contribution in [3.05, 3.63) is 71.8 Å². The molecule has 0 spiro atoms. The van der Waals surface area contributed by atoms with Gasteiger partial charge in [0, 0.05) is 0 Å². The van der Waals surface area contributed by atoms with Gasteiger partial charge in [-0.2, -0.15) is 0 Å². The Labute approximate surface area is 139 Å². The van der Waals surface area contributed by atoms with Crippen LogP contribution in [0.25, 0.3) is 0 Å². The normalized spacial score (nSPS) is 22.6. The van der Waals surface area contributed by atoms with Crippen molar-refractivity contribution in [3.63, 3.8) is 0 Å².